The Morgan fingerprint density at radius 3 is 2.52 bits per heavy atom. The maximum absolute atomic E-state index is 12.6. The van der Waals surface area contributed by atoms with Crippen LogP contribution in [0.2, 0.25) is 0 Å². The summed E-state index contributed by atoms with van der Waals surface area (Å²) in [7, 11) is 1.89. The molecule has 1 aromatic carbocycles. The molecule has 23 heavy (non-hydrogen) atoms. The van der Waals surface area contributed by atoms with Gasteiger partial charge in [0.25, 0.3) is 5.91 Å². The van der Waals surface area contributed by atoms with E-state index in [9.17, 15) is 4.79 Å². The highest BCUT2D eigenvalue weighted by Gasteiger charge is 2.46. The Hall–Kier alpha value is -0.620. The van der Waals surface area contributed by atoms with Crippen molar-refractivity contribution in [2.75, 3.05) is 20.1 Å². The van der Waals surface area contributed by atoms with Crippen LogP contribution in [0.5, 0.6) is 0 Å². The molecule has 2 aliphatic rings. The SMILES string of the molecule is CN(CC1(c2ccc(Br)cc2)CC1)C(=O)[C@@H]1CC[C@H](CN)O1.Cl. The number of likely N-dealkylation sites (N-methyl/N-ethyl adjacent to an activating group) is 1. The molecule has 2 fully saturated rings. The van der Waals surface area contributed by atoms with Crippen molar-refractivity contribution in [1.29, 1.82) is 0 Å². The summed E-state index contributed by atoms with van der Waals surface area (Å²) in [5.41, 5.74) is 7.08. The van der Waals surface area contributed by atoms with Gasteiger partial charge in [-0.3, -0.25) is 4.79 Å². The molecule has 1 amide bonds. The molecule has 0 aromatic heterocycles. The summed E-state index contributed by atoms with van der Waals surface area (Å²) in [5.74, 6) is 0.0966. The Morgan fingerprint density at radius 2 is 2.00 bits per heavy atom. The number of rotatable bonds is 5. The summed E-state index contributed by atoms with van der Waals surface area (Å²) in [4.78, 5) is 14.4. The van der Waals surface area contributed by atoms with E-state index in [1.807, 2.05) is 11.9 Å². The van der Waals surface area contributed by atoms with Gasteiger partial charge in [0.15, 0.2) is 0 Å². The molecule has 6 heteroatoms. The van der Waals surface area contributed by atoms with E-state index in [-0.39, 0.29) is 35.9 Å². The summed E-state index contributed by atoms with van der Waals surface area (Å²) in [6, 6.07) is 8.46. The van der Waals surface area contributed by atoms with Gasteiger partial charge in [0.05, 0.1) is 6.10 Å². The molecule has 0 radical (unpaired) electrons. The molecular formula is C17H24BrClN2O2. The normalized spacial score (nSPS) is 24.8. The third-order valence-electron chi connectivity index (χ3n) is 4.87. The number of hydrogen-bond acceptors (Lipinski definition) is 3. The van der Waals surface area contributed by atoms with Gasteiger partial charge in [-0.15, -0.1) is 12.4 Å². The van der Waals surface area contributed by atoms with Crippen LogP contribution in [0.1, 0.15) is 31.2 Å². The number of carbonyl (C=O) groups is 1. The maximum atomic E-state index is 12.6. The number of hydrogen-bond donors (Lipinski definition) is 1. The largest absolute Gasteiger partial charge is 0.364 e. The molecule has 2 atom stereocenters. The number of ether oxygens (including phenoxy) is 1. The minimum atomic E-state index is -0.306. The molecule has 1 saturated carbocycles. The quantitative estimate of drug-likeness (QED) is 0.822. The number of carbonyl (C=O) groups excluding carboxylic acids is 1. The maximum Gasteiger partial charge on any atom is 0.251 e. The Balaban J connectivity index is 0.00000192. The van der Waals surface area contributed by atoms with E-state index in [0.717, 1.165) is 36.7 Å². The number of amides is 1. The predicted molar refractivity (Wildman–Crippen MR) is 96.9 cm³/mol. The summed E-state index contributed by atoms with van der Waals surface area (Å²) < 4.78 is 6.81. The number of halogens is 2. The molecule has 3 rings (SSSR count). The minimum absolute atomic E-state index is 0. The van der Waals surface area contributed by atoms with Gasteiger partial charge in [0.1, 0.15) is 6.10 Å². The molecule has 0 bridgehead atoms. The zero-order valence-corrected chi connectivity index (χ0v) is 15.7. The predicted octanol–water partition coefficient (Wildman–Crippen LogP) is 2.87. The second-order valence-electron chi connectivity index (χ2n) is 6.54. The summed E-state index contributed by atoms with van der Waals surface area (Å²) >= 11 is 3.47. The van der Waals surface area contributed by atoms with Crippen LogP contribution in [0.4, 0.5) is 0 Å². The lowest BCUT2D eigenvalue weighted by Gasteiger charge is -2.26. The fourth-order valence-corrected chi connectivity index (χ4v) is 3.60. The monoisotopic (exact) mass is 402 g/mol. The third kappa shape index (κ3) is 4.08. The van der Waals surface area contributed by atoms with Gasteiger partial charge in [0, 0.05) is 30.0 Å². The van der Waals surface area contributed by atoms with Gasteiger partial charge < -0.3 is 15.4 Å². The van der Waals surface area contributed by atoms with E-state index in [4.69, 9.17) is 10.5 Å². The highest BCUT2D eigenvalue weighted by atomic mass is 79.9. The highest BCUT2D eigenvalue weighted by Crippen LogP contribution is 2.48. The highest BCUT2D eigenvalue weighted by molar-refractivity contribution is 9.10. The topological polar surface area (TPSA) is 55.6 Å². The minimum Gasteiger partial charge on any atom is -0.364 e. The number of benzene rings is 1. The zero-order chi connectivity index (χ0) is 15.7. The average molecular weight is 404 g/mol. The standard InChI is InChI=1S/C17H23BrN2O2.ClH/c1-20(16(21)15-7-6-14(10-19)22-15)11-17(8-9-17)12-2-4-13(18)5-3-12;/h2-5,14-15H,6-11,19H2,1H3;1H/t14-,15+;/m1./s1. The first-order valence-corrected chi connectivity index (χ1v) is 8.70. The molecule has 1 aromatic rings. The van der Waals surface area contributed by atoms with Gasteiger partial charge in [-0.25, -0.2) is 0 Å². The van der Waals surface area contributed by atoms with Gasteiger partial charge in [-0.2, -0.15) is 0 Å². The Kier molecular flexibility index (Phi) is 6.11. The molecule has 0 unspecified atom stereocenters. The van der Waals surface area contributed by atoms with Crippen LogP contribution in [-0.2, 0) is 14.9 Å². The van der Waals surface area contributed by atoms with Crippen LogP contribution in [0.3, 0.4) is 0 Å². The van der Waals surface area contributed by atoms with Crippen LogP contribution in [-0.4, -0.2) is 43.2 Å². The van der Waals surface area contributed by atoms with Gasteiger partial charge in [-0.05, 0) is 43.4 Å². The van der Waals surface area contributed by atoms with Crippen molar-refractivity contribution in [2.24, 2.45) is 5.73 Å². The first-order chi connectivity index (χ1) is 10.5. The smallest absolute Gasteiger partial charge is 0.251 e. The van der Waals surface area contributed by atoms with Gasteiger partial charge in [-0.1, -0.05) is 28.1 Å². The molecule has 1 heterocycles. The molecule has 0 spiro atoms. The van der Waals surface area contributed by atoms with Crippen LogP contribution < -0.4 is 5.73 Å². The van der Waals surface area contributed by atoms with Crippen LogP contribution in [0, 0.1) is 0 Å². The van der Waals surface area contributed by atoms with E-state index < -0.39 is 0 Å². The Morgan fingerprint density at radius 1 is 1.35 bits per heavy atom. The zero-order valence-electron chi connectivity index (χ0n) is 13.3. The summed E-state index contributed by atoms with van der Waals surface area (Å²) in [6.45, 7) is 1.26. The number of nitrogens with zero attached hydrogens (tertiary/aromatic N) is 1. The second-order valence-corrected chi connectivity index (χ2v) is 7.46. The summed E-state index contributed by atoms with van der Waals surface area (Å²) in [5, 5.41) is 0. The fraction of sp³-hybridized carbons (Fsp3) is 0.588. The van der Waals surface area contributed by atoms with Crippen molar-refractivity contribution < 1.29 is 9.53 Å². The first kappa shape index (κ1) is 18.7. The molecule has 1 saturated heterocycles. The van der Waals surface area contributed by atoms with Crippen molar-refractivity contribution in [2.45, 2.75) is 43.3 Å². The van der Waals surface area contributed by atoms with Crippen molar-refractivity contribution in [3.05, 3.63) is 34.3 Å². The molecule has 128 valence electrons. The van der Waals surface area contributed by atoms with E-state index >= 15 is 0 Å². The lowest BCUT2D eigenvalue weighted by Crippen LogP contribution is -2.41. The van der Waals surface area contributed by atoms with Crippen molar-refractivity contribution in [1.82, 2.24) is 4.90 Å². The van der Waals surface area contributed by atoms with Crippen molar-refractivity contribution >= 4 is 34.2 Å². The van der Waals surface area contributed by atoms with Crippen molar-refractivity contribution in [3.63, 3.8) is 0 Å². The van der Waals surface area contributed by atoms with Gasteiger partial charge >= 0.3 is 0 Å². The Labute approximate surface area is 152 Å². The molecule has 1 aliphatic heterocycles. The van der Waals surface area contributed by atoms with E-state index in [1.165, 1.54) is 5.56 Å². The molecular weight excluding hydrogens is 380 g/mol. The Bertz CT molecular complexity index is 548. The fourth-order valence-electron chi connectivity index (χ4n) is 3.33. The van der Waals surface area contributed by atoms with Crippen LogP contribution >= 0.6 is 28.3 Å². The van der Waals surface area contributed by atoms with E-state index in [1.54, 1.807) is 0 Å². The summed E-state index contributed by atoms with van der Waals surface area (Å²) in [6.07, 6.45) is 3.70. The molecule has 4 nitrogen and oxygen atoms in total. The number of nitrogens with two attached hydrogens (primary N) is 1. The average Bonchev–Trinajstić information content (AvgIpc) is 3.14. The lowest BCUT2D eigenvalue weighted by molar-refractivity contribution is -0.141. The molecule has 2 N–H and O–H groups in total. The van der Waals surface area contributed by atoms with E-state index in [2.05, 4.69) is 40.2 Å². The van der Waals surface area contributed by atoms with Crippen LogP contribution in [0.15, 0.2) is 28.7 Å². The molecule has 1 aliphatic carbocycles. The first-order valence-electron chi connectivity index (χ1n) is 7.91. The lowest BCUT2D eigenvalue weighted by atomic mass is 9.95. The van der Waals surface area contributed by atoms with Crippen LogP contribution in [0.25, 0.3) is 0 Å². The third-order valence-corrected chi connectivity index (χ3v) is 5.40. The van der Waals surface area contributed by atoms with E-state index in [0.29, 0.717) is 6.54 Å². The van der Waals surface area contributed by atoms with Crippen molar-refractivity contribution in [3.8, 4) is 0 Å². The van der Waals surface area contributed by atoms with Gasteiger partial charge in [0.2, 0.25) is 0 Å². The second kappa shape index (κ2) is 7.51.